The molecule has 0 fully saturated rings. The Morgan fingerprint density at radius 1 is 1.00 bits per heavy atom. The summed E-state index contributed by atoms with van der Waals surface area (Å²) in [5, 5.41) is 18.8. The van der Waals surface area contributed by atoms with Gasteiger partial charge in [0.25, 0.3) is 0 Å². The molecule has 0 aliphatic heterocycles. The van der Waals surface area contributed by atoms with Crippen molar-refractivity contribution in [3.63, 3.8) is 0 Å². The first-order chi connectivity index (χ1) is 10.5. The lowest BCUT2D eigenvalue weighted by Crippen LogP contribution is -2.41. The monoisotopic (exact) mass is 321 g/mol. The molecular weight excluding hydrogens is 280 g/mol. The lowest BCUT2D eigenvalue weighted by atomic mass is 10.2. The Morgan fingerprint density at radius 2 is 1.59 bits per heavy atom. The summed E-state index contributed by atoms with van der Waals surface area (Å²) in [6.07, 6.45) is 8.49. The van der Waals surface area contributed by atoms with Gasteiger partial charge < -0.3 is 24.8 Å². The molecule has 0 aliphatic carbocycles. The van der Waals surface area contributed by atoms with Crippen LogP contribution in [0.5, 0.6) is 0 Å². The third-order valence-electron chi connectivity index (χ3n) is 3.29. The lowest BCUT2D eigenvalue weighted by Gasteiger charge is -2.29. The number of aldehydes is 1. The van der Waals surface area contributed by atoms with Crippen molar-refractivity contribution in [3.05, 3.63) is 0 Å². The summed E-state index contributed by atoms with van der Waals surface area (Å²) in [4.78, 5) is 10.1. The number of aliphatic hydroxyl groups is 2. The van der Waals surface area contributed by atoms with E-state index in [1.807, 2.05) is 7.05 Å². The molecule has 136 valence electrons. The minimum absolute atomic E-state index is 0.285. The van der Waals surface area contributed by atoms with Gasteiger partial charge in [0, 0.05) is 26.6 Å². The van der Waals surface area contributed by atoms with Gasteiger partial charge >= 0.3 is 0 Å². The van der Waals surface area contributed by atoms with Crippen molar-refractivity contribution in [1.82, 2.24) is 5.32 Å². The third kappa shape index (κ3) is 27.8. The molecule has 5 heteroatoms. The Labute approximate surface area is 138 Å². The van der Waals surface area contributed by atoms with Gasteiger partial charge in [0.2, 0.25) is 0 Å². The maximum Gasteiger partial charge on any atom is 0.119 e. The number of carbonyl (C=O) groups is 1. The minimum atomic E-state index is 0.285. The SMILES string of the molecule is CCCCNC.CO.C[N+](C)(CCCO)CCCCCC=O. The number of nitrogens with one attached hydrogen (secondary N) is 1. The number of hydrogen-bond donors (Lipinski definition) is 3. The second-order valence-corrected chi connectivity index (χ2v) is 5.93. The highest BCUT2D eigenvalue weighted by Crippen LogP contribution is 2.05. The van der Waals surface area contributed by atoms with E-state index >= 15 is 0 Å². The van der Waals surface area contributed by atoms with Crippen LogP contribution in [-0.2, 0) is 4.79 Å². The van der Waals surface area contributed by atoms with Gasteiger partial charge in [-0.2, -0.15) is 0 Å². The van der Waals surface area contributed by atoms with Crippen LogP contribution in [0.4, 0.5) is 0 Å². The fourth-order valence-electron chi connectivity index (χ4n) is 1.91. The van der Waals surface area contributed by atoms with Crippen LogP contribution in [0.2, 0.25) is 0 Å². The Hall–Kier alpha value is -0.490. The molecule has 0 bridgehead atoms. The number of unbranched alkanes of at least 4 members (excludes halogenated alkanes) is 4. The van der Waals surface area contributed by atoms with E-state index < -0.39 is 0 Å². The van der Waals surface area contributed by atoms with E-state index in [4.69, 9.17) is 10.2 Å². The van der Waals surface area contributed by atoms with Gasteiger partial charge in [0.1, 0.15) is 6.29 Å². The van der Waals surface area contributed by atoms with Crippen LogP contribution < -0.4 is 5.32 Å². The molecule has 3 N–H and O–H groups in total. The molecule has 0 amide bonds. The smallest absolute Gasteiger partial charge is 0.119 e. The van der Waals surface area contributed by atoms with E-state index in [9.17, 15) is 4.79 Å². The maximum absolute atomic E-state index is 10.1. The molecule has 0 aromatic heterocycles. The molecule has 0 aromatic rings. The van der Waals surface area contributed by atoms with Crippen molar-refractivity contribution in [2.45, 2.75) is 51.9 Å². The molecule has 0 saturated carbocycles. The summed E-state index contributed by atoms with van der Waals surface area (Å²) in [6.45, 7) is 5.81. The van der Waals surface area contributed by atoms with Gasteiger partial charge in [-0.1, -0.05) is 13.3 Å². The predicted octanol–water partition coefficient (Wildman–Crippen LogP) is 1.82. The van der Waals surface area contributed by atoms with Crippen molar-refractivity contribution in [3.8, 4) is 0 Å². The second kappa shape index (κ2) is 22.8. The second-order valence-electron chi connectivity index (χ2n) is 5.93. The zero-order valence-electron chi connectivity index (χ0n) is 15.6. The first-order valence-electron chi connectivity index (χ1n) is 8.49. The van der Waals surface area contributed by atoms with Gasteiger partial charge in [-0.25, -0.2) is 0 Å². The van der Waals surface area contributed by atoms with Crippen molar-refractivity contribution in [2.75, 3.05) is 54.5 Å². The average Bonchev–Trinajstić information content (AvgIpc) is 2.53. The normalized spacial score (nSPS) is 10.1. The first kappa shape index (κ1) is 26.4. The van der Waals surface area contributed by atoms with Crippen LogP contribution in [0, 0.1) is 0 Å². The average molecular weight is 322 g/mol. The van der Waals surface area contributed by atoms with Gasteiger partial charge in [-0.3, -0.25) is 0 Å². The molecule has 0 unspecified atom stereocenters. The predicted molar refractivity (Wildman–Crippen MR) is 95.1 cm³/mol. The van der Waals surface area contributed by atoms with E-state index in [2.05, 4.69) is 26.3 Å². The van der Waals surface area contributed by atoms with Crippen LogP contribution in [0.1, 0.15) is 51.9 Å². The van der Waals surface area contributed by atoms with Crippen molar-refractivity contribution in [2.24, 2.45) is 0 Å². The molecule has 0 heterocycles. The number of quaternary nitrogens is 1. The van der Waals surface area contributed by atoms with Gasteiger partial charge in [0.05, 0.1) is 27.2 Å². The van der Waals surface area contributed by atoms with Crippen molar-refractivity contribution >= 4 is 6.29 Å². The molecule has 0 spiro atoms. The molecule has 0 aromatic carbocycles. The van der Waals surface area contributed by atoms with Crippen LogP contribution in [-0.4, -0.2) is 75.5 Å². The zero-order chi connectivity index (χ0) is 17.7. The molecule has 22 heavy (non-hydrogen) atoms. The van der Waals surface area contributed by atoms with Gasteiger partial charge in [-0.15, -0.1) is 0 Å². The number of hydrogen-bond acceptors (Lipinski definition) is 4. The van der Waals surface area contributed by atoms with Crippen LogP contribution >= 0.6 is 0 Å². The summed E-state index contributed by atoms with van der Waals surface area (Å²) in [5.41, 5.74) is 0. The van der Waals surface area contributed by atoms with Crippen molar-refractivity contribution < 1.29 is 19.5 Å². The molecular formula is C17H41N2O3+. The standard InChI is InChI=1S/C11H24NO2.C5H13N.CH4O/c1-12(2,9-7-11-14)8-5-3-4-6-10-13;1-3-4-5-6-2;1-2/h10,14H,3-9,11H2,1-2H3;6H,3-5H2,1-2H3;2H,1H3/q+1;;. The van der Waals surface area contributed by atoms with E-state index in [1.54, 1.807) is 0 Å². The topological polar surface area (TPSA) is 69.6 Å². The Kier molecular flexibility index (Phi) is 27.4. The molecule has 0 aliphatic rings. The quantitative estimate of drug-likeness (QED) is 0.291. The van der Waals surface area contributed by atoms with Crippen LogP contribution in [0.3, 0.4) is 0 Å². The van der Waals surface area contributed by atoms with E-state index in [-0.39, 0.29) is 6.61 Å². The highest BCUT2D eigenvalue weighted by Gasteiger charge is 2.12. The molecule has 0 saturated heterocycles. The fourth-order valence-corrected chi connectivity index (χ4v) is 1.91. The van der Waals surface area contributed by atoms with Crippen molar-refractivity contribution in [1.29, 1.82) is 0 Å². The summed E-state index contributed by atoms with van der Waals surface area (Å²) >= 11 is 0. The van der Waals surface area contributed by atoms with Crippen LogP contribution in [0.15, 0.2) is 0 Å². The Morgan fingerprint density at radius 3 is 2.00 bits per heavy atom. The lowest BCUT2D eigenvalue weighted by molar-refractivity contribution is -0.890. The fraction of sp³-hybridized carbons (Fsp3) is 0.941. The third-order valence-corrected chi connectivity index (χ3v) is 3.29. The number of carbonyl (C=O) groups excluding carboxylic acids is 1. The Balaban J connectivity index is -0.000000378. The molecule has 0 atom stereocenters. The molecule has 0 radical (unpaired) electrons. The van der Waals surface area contributed by atoms with E-state index in [0.29, 0.717) is 6.42 Å². The first-order valence-corrected chi connectivity index (χ1v) is 8.49. The summed E-state index contributed by atoms with van der Waals surface area (Å²) in [5.74, 6) is 0. The number of rotatable bonds is 12. The van der Waals surface area contributed by atoms with E-state index in [0.717, 1.165) is 56.8 Å². The van der Waals surface area contributed by atoms with Gasteiger partial charge in [-0.05, 0) is 39.3 Å². The largest absolute Gasteiger partial charge is 0.400 e. The maximum atomic E-state index is 10.1. The Bertz CT molecular complexity index is 196. The number of aliphatic hydroxyl groups excluding tert-OH is 2. The summed E-state index contributed by atoms with van der Waals surface area (Å²) < 4.78 is 0.974. The van der Waals surface area contributed by atoms with Gasteiger partial charge in [0.15, 0.2) is 0 Å². The van der Waals surface area contributed by atoms with Crippen LogP contribution in [0.25, 0.3) is 0 Å². The summed E-state index contributed by atoms with van der Waals surface area (Å²) in [7, 11) is 7.36. The van der Waals surface area contributed by atoms with E-state index in [1.165, 1.54) is 19.3 Å². The highest BCUT2D eigenvalue weighted by atomic mass is 16.3. The highest BCUT2D eigenvalue weighted by molar-refractivity contribution is 5.48. The number of nitrogens with zero attached hydrogens (tertiary/aromatic N) is 1. The molecule has 0 rings (SSSR count). The minimum Gasteiger partial charge on any atom is -0.400 e. The summed E-state index contributed by atoms with van der Waals surface area (Å²) in [6, 6.07) is 0. The molecule has 5 nitrogen and oxygen atoms in total. The zero-order valence-corrected chi connectivity index (χ0v) is 15.6.